The summed E-state index contributed by atoms with van der Waals surface area (Å²) in [7, 11) is 0. The average molecular weight is 255 g/mol. The monoisotopic (exact) mass is 255 g/mol. The van der Waals surface area contributed by atoms with E-state index in [0.717, 1.165) is 18.8 Å². The first kappa shape index (κ1) is 13.6. The molecular weight excluding hydrogens is 234 g/mol. The Labute approximate surface area is 115 Å². The largest absolute Gasteiger partial charge is 0.492 e. The van der Waals surface area contributed by atoms with E-state index < -0.39 is 0 Å². The molecule has 0 aliphatic heterocycles. The second-order valence-corrected chi connectivity index (χ2v) is 4.77. The van der Waals surface area contributed by atoms with Crippen molar-refractivity contribution < 1.29 is 4.74 Å². The van der Waals surface area contributed by atoms with Crippen molar-refractivity contribution in [2.75, 3.05) is 13.2 Å². The van der Waals surface area contributed by atoms with E-state index in [9.17, 15) is 0 Å². The van der Waals surface area contributed by atoms with Crippen LogP contribution in [0.1, 0.15) is 16.7 Å². The van der Waals surface area contributed by atoms with Crippen LogP contribution in [0.3, 0.4) is 0 Å². The van der Waals surface area contributed by atoms with Crippen molar-refractivity contribution in [1.29, 1.82) is 0 Å². The van der Waals surface area contributed by atoms with Gasteiger partial charge in [0.05, 0.1) is 0 Å². The minimum Gasteiger partial charge on any atom is -0.492 e. The van der Waals surface area contributed by atoms with Gasteiger partial charge in [-0.25, -0.2) is 0 Å². The van der Waals surface area contributed by atoms with E-state index >= 15 is 0 Å². The molecule has 19 heavy (non-hydrogen) atoms. The summed E-state index contributed by atoms with van der Waals surface area (Å²) >= 11 is 0. The number of aryl methyl sites for hydroxylation is 2. The van der Waals surface area contributed by atoms with Gasteiger partial charge in [-0.2, -0.15) is 0 Å². The maximum absolute atomic E-state index is 5.69. The van der Waals surface area contributed by atoms with Gasteiger partial charge >= 0.3 is 0 Å². The molecule has 100 valence electrons. The Morgan fingerprint density at radius 3 is 2.63 bits per heavy atom. The molecule has 0 aliphatic rings. The van der Waals surface area contributed by atoms with Gasteiger partial charge in [-0.3, -0.25) is 0 Å². The molecule has 2 aromatic carbocycles. The second kappa shape index (κ2) is 6.95. The molecule has 0 fully saturated rings. The van der Waals surface area contributed by atoms with Crippen LogP contribution in [0.5, 0.6) is 5.75 Å². The SMILES string of the molecule is Cc1cccc(OCCNCc2ccccc2C)c1. The molecule has 2 nitrogen and oxygen atoms in total. The predicted octanol–water partition coefficient (Wildman–Crippen LogP) is 3.47. The van der Waals surface area contributed by atoms with Gasteiger partial charge in [0.1, 0.15) is 12.4 Å². The zero-order valence-electron chi connectivity index (χ0n) is 11.6. The summed E-state index contributed by atoms with van der Waals surface area (Å²) in [6, 6.07) is 16.6. The van der Waals surface area contributed by atoms with Crippen molar-refractivity contribution in [2.24, 2.45) is 0 Å². The van der Waals surface area contributed by atoms with Crippen molar-refractivity contribution >= 4 is 0 Å². The topological polar surface area (TPSA) is 21.3 Å². The number of rotatable bonds is 6. The fourth-order valence-electron chi connectivity index (χ4n) is 1.98. The summed E-state index contributed by atoms with van der Waals surface area (Å²) < 4.78 is 5.69. The molecule has 0 heterocycles. The zero-order chi connectivity index (χ0) is 13.5. The molecule has 2 heteroatoms. The highest BCUT2D eigenvalue weighted by Crippen LogP contribution is 2.11. The van der Waals surface area contributed by atoms with Crippen LogP contribution < -0.4 is 10.1 Å². The molecule has 0 spiro atoms. The Morgan fingerprint density at radius 2 is 1.84 bits per heavy atom. The molecule has 0 amide bonds. The first-order valence-electron chi connectivity index (χ1n) is 6.70. The van der Waals surface area contributed by atoms with Crippen LogP contribution >= 0.6 is 0 Å². The van der Waals surface area contributed by atoms with Gasteiger partial charge in [0.15, 0.2) is 0 Å². The number of ether oxygens (including phenoxy) is 1. The molecule has 0 saturated carbocycles. The van der Waals surface area contributed by atoms with E-state index in [1.807, 2.05) is 12.1 Å². The highest BCUT2D eigenvalue weighted by Gasteiger charge is 1.97. The van der Waals surface area contributed by atoms with Crippen molar-refractivity contribution in [2.45, 2.75) is 20.4 Å². The highest BCUT2D eigenvalue weighted by atomic mass is 16.5. The van der Waals surface area contributed by atoms with Crippen LogP contribution in [0.15, 0.2) is 48.5 Å². The maximum Gasteiger partial charge on any atom is 0.119 e. The Balaban J connectivity index is 1.69. The Bertz CT molecular complexity index is 522. The summed E-state index contributed by atoms with van der Waals surface area (Å²) in [6.45, 7) is 6.64. The molecule has 1 N–H and O–H groups in total. The molecule has 0 unspecified atom stereocenters. The Kier molecular flexibility index (Phi) is 4.99. The molecule has 2 rings (SSSR count). The molecule has 0 aromatic heterocycles. The molecular formula is C17H21NO. The smallest absolute Gasteiger partial charge is 0.119 e. The molecule has 0 atom stereocenters. The summed E-state index contributed by atoms with van der Waals surface area (Å²) in [5.41, 5.74) is 3.90. The van der Waals surface area contributed by atoms with Gasteiger partial charge < -0.3 is 10.1 Å². The van der Waals surface area contributed by atoms with Crippen molar-refractivity contribution in [3.8, 4) is 5.75 Å². The second-order valence-electron chi connectivity index (χ2n) is 4.77. The summed E-state index contributed by atoms with van der Waals surface area (Å²) in [5, 5.41) is 3.40. The standard InChI is InChI=1S/C17H21NO/c1-14-6-5-9-17(12-14)19-11-10-18-13-16-8-4-3-7-15(16)2/h3-9,12,18H,10-11,13H2,1-2H3. The number of benzene rings is 2. The average Bonchev–Trinajstić information content (AvgIpc) is 2.40. The first-order valence-corrected chi connectivity index (χ1v) is 6.70. The normalized spacial score (nSPS) is 10.4. The fraction of sp³-hybridized carbons (Fsp3) is 0.294. The van der Waals surface area contributed by atoms with E-state index in [1.54, 1.807) is 0 Å². The van der Waals surface area contributed by atoms with Crippen LogP contribution in [0.2, 0.25) is 0 Å². The lowest BCUT2D eigenvalue weighted by Gasteiger charge is -2.09. The van der Waals surface area contributed by atoms with Crippen molar-refractivity contribution in [3.63, 3.8) is 0 Å². The van der Waals surface area contributed by atoms with E-state index in [1.165, 1.54) is 16.7 Å². The van der Waals surface area contributed by atoms with Gasteiger partial charge in [-0.05, 0) is 42.7 Å². The summed E-state index contributed by atoms with van der Waals surface area (Å²) in [6.07, 6.45) is 0. The highest BCUT2D eigenvalue weighted by molar-refractivity contribution is 5.27. The molecule has 0 saturated heterocycles. The Morgan fingerprint density at radius 1 is 1.00 bits per heavy atom. The number of hydrogen-bond donors (Lipinski definition) is 1. The summed E-state index contributed by atoms with van der Waals surface area (Å²) in [4.78, 5) is 0. The third-order valence-electron chi connectivity index (χ3n) is 3.11. The van der Waals surface area contributed by atoms with Gasteiger partial charge in [-0.1, -0.05) is 36.4 Å². The van der Waals surface area contributed by atoms with Crippen LogP contribution in [-0.4, -0.2) is 13.2 Å². The van der Waals surface area contributed by atoms with Gasteiger partial charge in [0.25, 0.3) is 0 Å². The summed E-state index contributed by atoms with van der Waals surface area (Å²) in [5.74, 6) is 0.942. The van der Waals surface area contributed by atoms with Gasteiger partial charge in [0.2, 0.25) is 0 Å². The third kappa shape index (κ3) is 4.42. The lowest BCUT2D eigenvalue weighted by molar-refractivity contribution is 0.313. The van der Waals surface area contributed by atoms with Gasteiger partial charge in [0, 0.05) is 13.1 Å². The predicted molar refractivity (Wildman–Crippen MR) is 79.6 cm³/mol. The van der Waals surface area contributed by atoms with Crippen LogP contribution in [-0.2, 0) is 6.54 Å². The third-order valence-corrected chi connectivity index (χ3v) is 3.11. The van der Waals surface area contributed by atoms with E-state index in [4.69, 9.17) is 4.74 Å². The number of nitrogens with one attached hydrogen (secondary N) is 1. The van der Waals surface area contributed by atoms with Crippen LogP contribution in [0.25, 0.3) is 0 Å². The molecule has 0 bridgehead atoms. The minimum absolute atomic E-state index is 0.690. The van der Waals surface area contributed by atoms with Crippen molar-refractivity contribution in [3.05, 3.63) is 65.2 Å². The van der Waals surface area contributed by atoms with E-state index in [-0.39, 0.29) is 0 Å². The van der Waals surface area contributed by atoms with E-state index in [0.29, 0.717) is 6.61 Å². The van der Waals surface area contributed by atoms with Crippen LogP contribution in [0, 0.1) is 13.8 Å². The fourth-order valence-corrected chi connectivity index (χ4v) is 1.98. The lowest BCUT2D eigenvalue weighted by Crippen LogP contribution is -2.21. The molecule has 0 radical (unpaired) electrons. The number of hydrogen-bond acceptors (Lipinski definition) is 2. The minimum atomic E-state index is 0.690. The quantitative estimate of drug-likeness (QED) is 0.798. The molecule has 0 aliphatic carbocycles. The zero-order valence-corrected chi connectivity index (χ0v) is 11.6. The maximum atomic E-state index is 5.69. The lowest BCUT2D eigenvalue weighted by atomic mass is 10.1. The van der Waals surface area contributed by atoms with Crippen molar-refractivity contribution in [1.82, 2.24) is 5.32 Å². The van der Waals surface area contributed by atoms with Gasteiger partial charge in [-0.15, -0.1) is 0 Å². The van der Waals surface area contributed by atoms with Crippen LogP contribution in [0.4, 0.5) is 0 Å². The first-order chi connectivity index (χ1) is 9.25. The molecule has 2 aromatic rings. The Hall–Kier alpha value is -1.80. The van der Waals surface area contributed by atoms with E-state index in [2.05, 4.69) is 55.6 Å².